The molecule has 2 aromatic rings. The molecule has 0 saturated heterocycles. The summed E-state index contributed by atoms with van der Waals surface area (Å²) in [6.07, 6.45) is 0. The van der Waals surface area contributed by atoms with E-state index in [2.05, 4.69) is 0 Å². The molecular weight excluding hydrogens is 238 g/mol. The molecule has 82 valence electrons. The summed E-state index contributed by atoms with van der Waals surface area (Å²) < 4.78 is 31.0. The Labute approximate surface area is 94.4 Å². The first-order valence-corrected chi connectivity index (χ1v) is 4.71. The lowest BCUT2D eigenvalue weighted by molar-refractivity contribution is 0.105. The molecule has 0 atom stereocenters. The van der Waals surface area contributed by atoms with E-state index in [0.29, 0.717) is 0 Å². The van der Waals surface area contributed by atoms with E-state index < -0.39 is 16.9 Å². The fourth-order valence-electron chi connectivity index (χ4n) is 1.28. The zero-order valence-corrected chi connectivity index (χ0v) is 8.59. The van der Waals surface area contributed by atoms with E-state index in [4.69, 9.17) is 16.0 Å². The van der Waals surface area contributed by atoms with Gasteiger partial charge in [0.15, 0.2) is 5.76 Å². The molecule has 0 saturated carbocycles. The largest absolute Gasteiger partial charge is 0.452 e. The van der Waals surface area contributed by atoms with E-state index in [1.54, 1.807) is 0 Å². The molecule has 1 aromatic carbocycles. The minimum Gasteiger partial charge on any atom is -0.452 e. The monoisotopic (exact) mass is 242 g/mol. The molecule has 0 radical (unpaired) electrons. The van der Waals surface area contributed by atoms with Crippen LogP contribution in [0.15, 0.2) is 34.7 Å². The van der Waals surface area contributed by atoms with Gasteiger partial charge in [0.1, 0.15) is 17.4 Å². The van der Waals surface area contributed by atoms with Crippen molar-refractivity contribution in [3.63, 3.8) is 0 Å². The molecule has 0 unspecified atom stereocenters. The number of carbonyl (C=O) groups is 1. The topological polar surface area (TPSA) is 30.2 Å². The summed E-state index contributed by atoms with van der Waals surface area (Å²) in [6, 6.07) is 5.79. The zero-order valence-electron chi connectivity index (χ0n) is 7.84. The third-order valence-corrected chi connectivity index (χ3v) is 2.18. The molecule has 5 heteroatoms. The Morgan fingerprint density at radius 2 is 1.94 bits per heavy atom. The van der Waals surface area contributed by atoms with Gasteiger partial charge in [0.05, 0.1) is 5.56 Å². The van der Waals surface area contributed by atoms with Gasteiger partial charge in [-0.05, 0) is 35.9 Å². The van der Waals surface area contributed by atoms with Crippen molar-refractivity contribution < 1.29 is 18.0 Å². The van der Waals surface area contributed by atoms with Gasteiger partial charge in [-0.3, -0.25) is 4.79 Å². The van der Waals surface area contributed by atoms with E-state index in [1.165, 1.54) is 18.2 Å². The van der Waals surface area contributed by atoms with Crippen molar-refractivity contribution in [3.8, 4) is 11.3 Å². The van der Waals surface area contributed by atoms with Crippen molar-refractivity contribution in [2.45, 2.75) is 0 Å². The average Bonchev–Trinajstić information content (AvgIpc) is 2.66. The standard InChI is InChI=1S/C11H5ClF2O2/c12-11(15)10-4-3-9(16-10)7-2-1-6(13)5-8(7)14/h1-5H. The van der Waals surface area contributed by atoms with Crippen molar-refractivity contribution in [1.82, 2.24) is 0 Å². The second-order valence-corrected chi connectivity index (χ2v) is 3.41. The van der Waals surface area contributed by atoms with Crippen LogP contribution >= 0.6 is 11.6 Å². The molecular formula is C11H5ClF2O2. The molecule has 2 nitrogen and oxygen atoms in total. The summed E-state index contributed by atoms with van der Waals surface area (Å²) in [5.41, 5.74) is 0.0746. The van der Waals surface area contributed by atoms with Gasteiger partial charge in [-0.2, -0.15) is 0 Å². The van der Waals surface area contributed by atoms with Crippen LogP contribution in [0.4, 0.5) is 8.78 Å². The van der Waals surface area contributed by atoms with Gasteiger partial charge >= 0.3 is 0 Å². The number of benzene rings is 1. The van der Waals surface area contributed by atoms with Gasteiger partial charge in [0.25, 0.3) is 5.24 Å². The highest BCUT2D eigenvalue weighted by Gasteiger charge is 2.13. The fraction of sp³-hybridized carbons (Fsp3) is 0. The molecule has 0 spiro atoms. The van der Waals surface area contributed by atoms with Crippen LogP contribution in [0.5, 0.6) is 0 Å². The Balaban J connectivity index is 2.46. The first-order valence-electron chi connectivity index (χ1n) is 4.33. The normalized spacial score (nSPS) is 10.4. The van der Waals surface area contributed by atoms with E-state index in [-0.39, 0.29) is 17.1 Å². The molecule has 1 aromatic heterocycles. The summed E-state index contributed by atoms with van der Waals surface area (Å²) in [4.78, 5) is 10.7. The number of halogens is 3. The molecule has 0 bridgehead atoms. The maximum atomic E-state index is 13.3. The first kappa shape index (κ1) is 10.8. The number of hydrogen-bond donors (Lipinski definition) is 0. The minimum atomic E-state index is -0.770. The minimum absolute atomic E-state index is 0.0746. The van der Waals surface area contributed by atoms with E-state index in [0.717, 1.165) is 12.1 Å². The third-order valence-electron chi connectivity index (χ3n) is 2.00. The van der Waals surface area contributed by atoms with Crippen molar-refractivity contribution in [2.24, 2.45) is 0 Å². The lowest BCUT2D eigenvalue weighted by atomic mass is 10.1. The molecule has 0 aliphatic carbocycles. The van der Waals surface area contributed by atoms with Gasteiger partial charge in [-0.15, -0.1) is 0 Å². The number of furan rings is 1. The average molecular weight is 243 g/mol. The van der Waals surface area contributed by atoms with Crippen LogP contribution in [0, 0.1) is 11.6 Å². The Morgan fingerprint density at radius 3 is 2.50 bits per heavy atom. The summed E-state index contributed by atoms with van der Waals surface area (Å²) in [7, 11) is 0. The Kier molecular flexibility index (Phi) is 2.75. The van der Waals surface area contributed by atoms with Crippen LogP contribution in [0.3, 0.4) is 0 Å². The molecule has 0 aliphatic rings. The Hall–Kier alpha value is -1.68. The fourth-order valence-corrected chi connectivity index (χ4v) is 1.38. The predicted octanol–water partition coefficient (Wildman–Crippen LogP) is 3.60. The van der Waals surface area contributed by atoms with Crippen LogP contribution in [-0.4, -0.2) is 5.24 Å². The first-order chi connectivity index (χ1) is 7.58. The van der Waals surface area contributed by atoms with Gasteiger partial charge in [-0.1, -0.05) is 0 Å². The van der Waals surface area contributed by atoms with Crippen LogP contribution in [-0.2, 0) is 0 Å². The molecule has 0 N–H and O–H groups in total. The summed E-state index contributed by atoms with van der Waals surface area (Å²) in [5, 5.41) is -0.770. The predicted molar refractivity (Wildman–Crippen MR) is 54.2 cm³/mol. The van der Waals surface area contributed by atoms with Crippen molar-refractivity contribution in [1.29, 1.82) is 0 Å². The molecule has 0 fully saturated rings. The number of hydrogen-bond acceptors (Lipinski definition) is 2. The lowest BCUT2D eigenvalue weighted by Gasteiger charge is -1.98. The lowest BCUT2D eigenvalue weighted by Crippen LogP contribution is -1.85. The molecule has 0 aliphatic heterocycles. The van der Waals surface area contributed by atoms with Crippen molar-refractivity contribution in [3.05, 3.63) is 47.7 Å². The molecule has 0 amide bonds. The summed E-state index contributed by atoms with van der Waals surface area (Å²) >= 11 is 5.18. The van der Waals surface area contributed by atoms with Gasteiger partial charge < -0.3 is 4.42 Å². The quantitative estimate of drug-likeness (QED) is 0.753. The Morgan fingerprint density at radius 1 is 1.19 bits per heavy atom. The second-order valence-electron chi connectivity index (χ2n) is 3.06. The van der Waals surface area contributed by atoms with E-state index >= 15 is 0 Å². The van der Waals surface area contributed by atoms with Crippen molar-refractivity contribution >= 4 is 16.8 Å². The van der Waals surface area contributed by atoms with Crippen LogP contribution in [0.1, 0.15) is 10.6 Å². The van der Waals surface area contributed by atoms with Crippen LogP contribution in [0.2, 0.25) is 0 Å². The number of rotatable bonds is 2. The van der Waals surface area contributed by atoms with Crippen molar-refractivity contribution in [2.75, 3.05) is 0 Å². The van der Waals surface area contributed by atoms with Gasteiger partial charge in [-0.25, -0.2) is 8.78 Å². The highest BCUT2D eigenvalue weighted by Crippen LogP contribution is 2.26. The highest BCUT2D eigenvalue weighted by atomic mass is 35.5. The maximum Gasteiger partial charge on any atom is 0.287 e. The molecule has 2 rings (SSSR count). The van der Waals surface area contributed by atoms with Gasteiger partial charge in [0.2, 0.25) is 0 Å². The highest BCUT2D eigenvalue weighted by molar-refractivity contribution is 6.67. The SMILES string of the molecule is O=C(Cl)c1ccc(-c2ccc(F)cc2F)o1. The second kappa shape index (κ2) is 4.06. The maximum absolute atomic E-state index is 13.3. The smallest absolute Gasteiger partial charge is 0.287 e. The third kappa shape index (κ3) is 1.97. The van der Waals surface area contributed by atoms with Crippen LogP contribution < -0.4 is 0 Å². The van der Waals surface area contributed by atoms with Gasteiger partial charge in [0, 0.05) is 6.07 Å². The number of carbonyl (C=O) groups excluding carboxylic acids is 1. The molecule has 1 heterocycles. The Bertz CT molecular complexity index is 549. The van der Waals surface area contributed by atoms with E-state index in [1.807, 2.05) is 0 Å². The summed E-state index contributed by atoms with van der Waals surface area (Å²) in [5.74, 6) is -1.40. The molecule has 16 heavy (non-hydrogen) atoms. The zero-order chi connectivity index (χ0) is 11.7. The summed E-state index contributed by atoms with van der Waals surface area (Å²) in [6.45, 7) is 0. The van der Waals surface area contributed by atoms with Crippen LogP contribution in [0.25, 0.3) is 11.3 Å². The van der Waals surface area contributed by atoms with E-state index in [9.17, 15) is 13.6 Å².